The van der Waals surface area contributed by atoms with Crippen LogP contribution in [0, 0.1) is 0 Å². The zero-order chi connectivity index (χ0) is 12.4. The molecule has 0 saturated carbocycles. The second-order valence-corrected chi connectivity index (χ2v) is 4.83. The van der Waals surface area contributed by atoms with Crippen LogP contribution in [0.3, 0.4) is 0 Å². The first-order valence-electron chi connectivity index (χ1n) is 5.75. The zero-order valence-electron chi connectivity index (χ0n) is 10.0. The summed E-state index contributed by atoms with van der Waals surface area (Å²) in [5.74, 6) is 0. The molecule has 3 nitrogen and oxygen atoms in total. The molecule has 2 rings (SSSR count). The molecular formula is C13H17ClN2O. The summed E-state index contributed by atoms with van der Waals surface area (Å²) in [5, 5.41) is 14.3. The van der Waals surface area contributed by atoms with Gasteiger partial charge in [-0.2, -0.15) is 0 Å². The first-order valence-corrected chi connectivity index (χ1v) is 6.13. The van der Waals surface area contributed by atoms with Crippen molar-refractivity contribution in [1.29, 1.82) is 0 Å². The van der Waals surface area contributed by atoms with Gasteiger partial charge in [-0.1, -0.05) is 37.6 Å². The maximum absolute atomic E-state index is 9.30. The molecule has 2 aromatic rings. The Morgan fingerprint density at radius 1 is 1.41 bits per heavy atom. The third kappa shape index (κ3) is 2.46. The van der Waals surface area contributed by atoms with E-state index >= 15 is 0 Å². The Labute approximate surface area is 106 Å². The van der Waals surface area contributed by atoms with Gasteiger partial charge in [0.1, 0.15) is 0 Å². The summed E-state index contributed by atoms with van der Waals surface area (Å²) >= 11 is 6.34. The van der Waals surface area contributed by atoms with Gasteiger partial charge in [0, 0.05) is 29.2 Å². The minimum Gasteiger partial charge on any atom is -0.392 e. The molecule has 0 aliphatic heterocycles. The number of rotatable bonds is 4. The summed E-state index contributed by atoms with van der Waals surface area (Å²) in [6, 6.07) is 6.19. The fourth-order valence-electron chi connectivity index (χ4n) is 1.89. The maximum atomic E-state index is 9.30. The normalized spacial score (nSPS) is 11.6. The van der Waals surface area contributed by atoms with Crippen molar-refractivity contribution >= 4 is 22.5 Å². The van der Waals surface area contributed by atoms with E-state index in [0.29, 0.717) is 17.6 Å². The third-order valence-electron chi connectivity index (χ3n) is 2.78. The minimum absolute atomic E-state index is 0.00592. The molecule has 0 atom stereocenters. The van der Waals surface area contributed by atoms with Gasteiger partial charge >= 0.3 is 0 Å². The fraction of sp³-hybridized carbons (Fsp3) is 0.385. The molecule has 1 aromatic carbocycles. The lowest BCUT2D eigenvalue weighted by Crippen LogP contribution is -2.22. The summed E-state index contributed by atoms with van der Waals surface area (Å²) in [6.45, 7) is 4.90. The Balaban J connectivity index is 2.42. The van der Waals surface area contributed by atoms with Crippen LogP contribution in [0.2, 0.25) is 5.02 Å². The highest BCUT2D eigenvalue weighted by Crippen LogP contribution is 2.30. The van der Waals surface area contributed by atoms with Crippen LogP contribution in [0.1, 0.15) is 25.1 Å². The molecule has 92 valence electrons. The standard InChI is InChI=1S/C13H17ClN2O/c1-8(2)15-6-11-13(14)12-9(7-17)4-3-5-10(12)16-11/h3-5,8,15-17H,6-7H2,1-2H3. The molecule has 0 saturated heterocycles. The summed E-state index contributed by atoms with van der Waals surface area (Å²) in [5.41, 5.74) is 2.80. The number of nitrogens with one attached hydrogen (secondary N) is 2. The molecule has 0 unspecified atom stereocenters. The van der Waals surface area contributed by atoms with E-state index in [2.05, 4.69) is 24.1 Å². The van der Waals surface area contributed by atoms with Crippen molar-refractivity contribution in [2.75, 3.05) is 0 Å². The van der Waals surface area contributed by atoms with E-state index in [1.165, 1.54) is 0 Å². The Morgan fingerprint density at radius 3 is 2.82 bits per heavy atom. The van der Waals surface area contributed by atoms with Gasteiger partial charge in [-0.05, 0) is 11.6 Å². The number of hydrogen-bond acceptors (Lipinski definition) is 2. The topological polar surface area (TPSA) is 48.0 Å². The van der Waals surface area contributed by atoms with Crippen LogP contribution in [0.4, 0.5) is 0 Å². The van der Waals surface area contributed by atoms with Crippen molar-refractivity contribution in [2.45, 2.75) is 33.0 Å². The number of halogens is 1. The first kappa shape index (κ1) is 12.4. The molecule has 17 heavy (non-hydrogen) atoms. The van der Waals surface area contributed by atoms with Crippen LogP contribution in [-0.4, -0.2) is 16.1 Å². The lowest BCUT2D eigenvalue weighted by atomic mass is 10.1. The van der Waals surface area contributed by atoms with E-state index in [0.717, 1.165) is 22.2 Å². The van der Waals surface area contributed by atoms with E-state index < -0.39 is 0 Å². The van der Waals surface area contributed by atoms with Gasteiger partial charge in [0.25, 0.3) is 0 Å². The number of hydrogen-bond donors (Lipinski definition) is 3. The number of fused-ring (bicyclic) bond motifs is 1. The molecule has 4 heteroatoms. The summed E-state index contributed by atoms with van der Waals surface area (Å²) in [6.07, 6.45) is 0. The lowest BCUT2D eigenvalue weighted by molar-refractivity contribution is 0.283. The molecule has 0 bridgehead atoms. The first-order chi connectivity index (χ1) is 8.13. The number of aromatic nitrogens is 1. The SMILES string of the molecule is CC(C)NCc1[nH]c2cccc(CO)c2c1Cl. The van der Waals surface area contributed by atoms with Crippen LogP contribution >= 0.6 is 11.6 Å². The van der Waals surface area contributed by atoms with Gasteiger partial charge < -0.3 is 15.4 Å². The second kappa shape index (κ2) is 5.08. The molecular weight excluding hydrogens is 236 g/mol. The average molecular weight is 253 g/mol. The van der Waals surface area contributed by atoms with Gasteiger partial charge in [-0.3, -0.25) is 0 Å². The highest BCUT2D eigenvalue weighted by atomic mass is 35.5. The maximum Gasteiger partial charge on any atom is 0.0708 e. The molecule has 3 N–H and O–H groups in total. The Morgan fingerprint density at radius 2 is 2.18 bits per heavy atom. The summed E-state index contributed by atoms with van der Waals surface area (Å²) < 4.78 is 0. The zero-order valence-corrected chi connectivity index (χ0v) is 10.8. The Bertz CT molecular complexity index is 519. The lowest BCUT2D eigenvalue weighted by Gasteiger charge is -2.06. The number of aliphatic hydroxyl groups is 1. The van der Waals surface area contributed by atoms with Crippen LogP contribution in [0.25, 0.3) is 10.9 Å². The van der Waals surface area contributed by atoms with E-state index in [1.807, 2.05) is 18.2 Å². The molecule has 0 aliphatic rings. The quantitative estimate of drug-likeness (QED) is 0.784. The molecule has 0 spiro atoms. The monoisotopic (exact) mass is 252 g/mol. The molecule has 0 fully saturated rings. The van der Waals surface area contributed by atoms with Crippen molar-refractivity contribution in [2.24, 2.45) is 0 Å². The molecule has 0 radical (unpaired) electrons. The molecule has 1 heterocycles. The van der Waals surface area contributed by atoms with Crippen LogP contribution in [0.15, 0.2) is 18.2 Å². The van der Waals surface area contributed by atoms with Crippen LogP contribution in [0.5, 0.6) is 0 Å². The number of aromatic amines is 1. The average Bonchev–Trinajstić information content (AvgIpc) is 2.64. The van der Waals surface area contributed by atoms with Crippen molar-refractivity contribution < 1.29 is 5.11 Å². The Hall–Kier alpha value is -1.03. The van der Waals surface area contributed by atoms with Crippen LogP contribution in [-0.2, 0) is 13.2 Å². The van der Waals surface area contributed by atoms with Crippen molar-refractivity contribution in [3.63, 3.8) is 0 Å². The third-order valence-corrected chi connectivity index (χ3v) is 3.20. The van der Waals surface area contributed by atoms with Gasteiger partial charge in [-0.25, -0.2) is 0 Å². The molecule has 1 aromatic heterocycles. The van der Waals surface area contributed by atoms with Crippen molar-refractivity contribution in [3.05, 3.63) is 34.5 Å². The van der Waals surface area contributed by atoms with Gasteiger partial charge in [0.05, 0.1) is 11.6 Å². The highest BCUT2D eigenvalue weighted by molar-refractivity contribution is 6.36. The number of H-pyrrole nitrogens is 1. The largest absolute Gasteiger partial charge is 0.392 e. The Kier molecular flexibility index (Phi) is 3.72. The predicted octanol–water partition coefficient (Wildman–Crippen LogP) is 2.81. The fourth-order valence-corrected chi connectivity index (χ4v) is 2.23. The highest BCUT2D eigenvalue weighted by Gasteiger charge is 2.12. The van der Waals surface area contributed by atoms with Crippen LogP contribution < -0.4 is 5.32 Å². The van der Waals surface area contributed by atoms with Crippen molar-refractivity contribution in [1.82, 2.24) is 10.3 Å². The smallest absolute Gasteiger partial charge is 0.0708 e. The van der Waals surface area contributed by atoms with E-state index in [4.69, 9.17) is 11.6 Å². The molecule has 0 aliphatic carbocycles. The van der Waals surface area contributed by atoms with E-state index in [-0.39, 0.29) is 6.61 Å². The second-order valence-electron chi connectivity index (χ2n) is 4.45. The summed E-state index contributed by atoms with van der Waals surface area (Å²) in [7, 11) is 0. The number of benzene rings is 1. The van der Waals surface area contributed by atoms with Crippen molar-refractivity contribution in [3.8, 4) is 0 Å². The van der Waals surface area contributed by atoms with Gasteiger partial charge in [0.15, 0.2) is 0 Å². The molecule has 0 amide bonds. The van der Waals surface area contributed by atoms with Gasteiger partial charge in [-0.15, -0.1) is 0 Å². The van der Waals surface area contributed by atoms with E-state index in [9.17, 15) is 5.11 Å². The predicted molar refractivity (Wildman–Crippen MR) is 71.2 cm³/mol. The van der Waals surface area contributed by atoms with Gasteiger partial charge in [0.2, 0.25) is 0 Å². The number of aliphatic hydroxyl groups excluding tert-OH is 1. The van der Waals surface area contributed by atoms with E-state index in [1.54, 1.807) is 0 Å². The summed E-state index contributed by atoms with van der Waals surface area (Å²) in [4.78, 5) is 3.29. The minimum atomic E-state index is 0.00592.